The van der Waals surface area contributed by atoms with E-state index in [4.69, 9.17) is 24.0 Å². The van der Waals surface area contributed by atoms with Crippen LogP contribution in [-0.4, -0.2) is 49.5 Å². The normalized spacial score (nSPS) is 16.4. The minimum atomic E-state index is -5.11. The molecule has 0 bridgehead atoms. The number of nitrogens with zero attached hydrogens (tertiary/aromatic N) is 2. The molecule has 0 saturated heterocycles. The number of cyclic esters (lactones) is 1. The van der Waals surface area contributed by atoms with Crippen LogP contribution in [0.1, 0.15) is 11.1 Å². The lowest BCUT2D eigenvalue weighted by Crippen LogP contribution is -2.34. The number of non-ortho nitro benzene ring substituents is 2. The number of hydrogen-bond acceptors (Lipinski definition) is 11. The summed E-state index contributed by atoms with van der Waals surface area (Å²) in [5, 5.41) is 31.2. The van der Waals surface area contributed by atoms with E-state index in [1.54, 1.807) is 0 Å². The molecule has 0 amide bonds. The maximum atomic E-state index is 12.5. The SMILES string of the molecule is O=C1O[C@H]([C@H](CO)OP(=O)(O)O)C(OCc2ccc([N+](=O)[O-])cc2)=C1OCc1ccc([N+](=O)[O-])cc1. The van der Waals surface area contributed by atoms with E-state index in [1.807, 2.05) is 0 Å². The Bertz CT molecular complexity index is 1210. The molecule has 1 aliphatic heterocycles. The number of nitro groups is 2. The highest BCUT2D eigenvalue weighted by Gasteiger charge is 2.45. The lowest BCUT2D eigenvalue weighted by Gasteiger charge is -2.23. The van der Waals surface area contributed by atoms with Gasteiger partial charge in [0.15, 0.2) is 11.9 Å². The molecule has 16 heteroatoms. The fourth-order valence-electron chi connectivity index (χ4n) is 3.08. The Balaban J connectivity index is 1.86. The van der Waals surface area contributed by atoms with Gasteiger partial charge in [-0.2, -0.15) is 0 Å². The third-order valence-electron chi connectivity index (χ3n) is 4.76. The zero-order chi connectivity index (χ0) is 26.5. The van der Waals surface area contributed by atoms with Crippen LogP contribution in [0.2, 0.25) is 0 Å². The number of nitro benzene ring substituents is 2. The fraction of sp³-hybridized carbons (Fsp3) is 0.250. The van der Waals surface area contributed by atoms with E-state index >= 15 is 0 Å². The van der Waals surface area contributed by atoms with E-state index in [0.717, 1.165) is 0 Å². The van der Waals surface area contributed by atoms with Crippen LogP contribution >= 0.6 is 7.82 Å². The van der Waals surface area contributed by atoms with Crippen LogP contribution in [0.25, 0.3) is 0 Å². The lowest BCUT2D eigenvalue weighted by atomic mass is 10.1. The van der Waals surface area contributed by atoms with Crippen molar-refractivity contribution in [2.45, 2.75) is 25.4 Å². The Morgan fingerprint density at radius 3 is 1.81 bits per heavy atom. The number of hydrogen-bond donors (Lipinski definition) is 3. The molecule has 2 aromatic carbocycles. The highest BCUT2D eigenvalue weighted by atomic mass is 31.2. The van der Waals surface area contributed by atoms with Gasteiger partial charge < -0.3 is 29.1 Å². The second kappa shape index (κ2) is 11.2. The van der Waals surface area contributed by atoms with Crippen molar-refractivity contribution in [1.29, 1.82) is 0 Å². The molecule has 0 fully saturated rings. The van der Waals surface area contributed by atoms with E-state index in [-0.39, 0.29) is 30.3 Å². The predicted molar refractivity (Wildman–Crippen MR) is 117 cm³/mol. The van der Waals surface area contributed by atoms with Gasteiger partial charge in [0.1, 0.15) is 19.3 Å². The van der Waals surface area contributed by atoms with Gasteiger partial charge in [-0.3, -0.25) is 24.8 Å². The molecule has 1 heterocycles. The van der Waals surface area contributed by atoms with Gasteiger partial charge in [-0.05, 0) is 35.4 Å². The number of carbonyl (C=O) groups excluding carboxylic acids is 1. The summed E-state index contributed by atoms with van der Waals surface area (Å²) in [6, 6.07) is 10.5. The molecule has 0 radical (unpaired) electrons. The molecule has 0 aromatic heterocycles. The summed E-state index contributed by atoms with van der Waals surface area (Å²) < 4.78 is 32.0. The second-order valence-electron chi connectivity index (χ2n) is 7.26. The van der Waals surface area contributed by atoms with Gasteiger partial charge in [0.05, 0.1) is 16.5 Å². The van der Waals surface area contributed by atoms with Crippen molar-refractivity contribution in [3.63, 3.8) is 0 Å². The minimum absolute atomic E-state index is 0.161. The lowest BCUT2D eigenvalue weighted by molar-refractivity contribution is -0.385. The van der Waals surface area contributed by atoms with Crippen LogP contribution in [0, 0.1) is 20.2 Å². The van der Waals surface area contributed by atoms with Crippen molar-refractivity contribution in [2.24, 2.45) is 0 Å². The molecule has 15 nitrogen and oxygen atoms in total. The number of phosphoric ester groups is 1. The molecule has 2 atom stereocenters. The Hall–Kier alpha value is -3.88. The minimum Gasteiger partial charge on any atom is -0.485 e. The molecule has 3 rings (SSSR count). The van der Waals surface area contributed by atoms with Gasteiger partial charge in [-0.15, -0.1) is 0 Å². The first-order valence-corrected chi connectivity index (χ1v) is 11.5. The summed E-state index contributed by atoms with van der Waals surface area (Å²) in [6.45, 7) is -1.50. The van der Waals surface area contributed by atoms with Gasteiger partial charge in [0, 0.05) is 24.3 Å². The van der Waals surface area contributed by atoms with Crippen molar-refractivity contribution in [2.75, 3.05) is 6.61 Å². The van der Waals surface area contributed by atoms with Crippen LogP contribution in [0.4, 0.5) is 11.4 Å². The summed E-state index contributed by atoms with van der Waals surface area (Å²) in [6.07, 6.45) is -3.32. The molecule has 0 spiro atoms. The first-order valence-electron chi connectivity index (χ1n) is 10.0. The first-order chi connectivity index (χ1) is 17.0. The molecule has 0 saturated carbocycles. The molecule has 2 aromatic rings. The van der Waals surface area contributed by atoms with Gasteiger partial charge >= 0.3 is 13.8 Å². The van der Waals surface area contributed by atoms with Crippen molar-refractivity contribution >= 4 is 25.2 Å². The van der Waals surface area contributed by atoms with Crippen molar-refractivity contribution in [3.05, 3.63) is 91.4 Å². The number of esters is 1. The van der Waals surface area contributed by atoms with Gasteiger partial charge in [-0.1, -0.05) is 0 Å². The molecule has 3 N–H and O–H groups in total. The molecule has 0 unspecified atom stereocenters. The predicted octanol–water partition coefficient (Wildman–Crippen LogP) is 1.84. The smallest absolute Gasteiger partial charge is 0.470 e. The zero-order valence-corrected chi connectivity index (χ0v) is 19.1. The molecular formula is C20H19N2O13P. The number of aliphatic hydroxyl groups is 1. The standard InChI is InChI=1S/C20H19N2O13P/c23-9-16(35-36(29,30)31)17-18(32-10-12-1-5-14(6-2-12)21(25)26)19(20(24)34-17)33-11-13-3-7-15(8-4-13)22(27)28/h1-8,16-17,23H,9-11H2,(H2,29,30,31)/t16-,17+/m0/s1. The highest BCUT2D eigenvalue weighted by molar-refractivity contribution is 7.46. The number of benzene rings is 2. The Labute approximate surface area is 202 Å². The average molecular weight is 526 g/mol. The van der Waals surface area contributed by atoms with E-state index in [0.29, 0.717) is 11.1 Å². The number of ether oxygens (including phenoxy) is 3. The molecule has 1 aliphatic rings. The van der Waals surface area contributed by atoms with Gasteiger partial charge in [0.25, 0.3) is 11.4 Å². The summed E-state index contributed by atoms with van der Waals surface area (Å²) in [5.41, 5.74) is 0.533. The Morgan fingerprint density at radius 1 is 0.917 bits per heavy atom. The molecular weight excluding hydrogens is 507 g/mol. The number of carbonyl (C=O) groups is 1. The maximum absolute atomic E-state index is 12.5. The van der Waals surface area contributed by atoms with Gasteiger partial charge in [0.2, 0.25) is 5.76 Å². The third kappa shape index (κ3) is 6.84. The summed E-state index contributed by atoms with van der Waals surface area (Å²) in [7, 11) is -5.11. The summed E-state index contributed by atoms with van der Waals surface area (Å²) in [4.78, 5) is 51.2. The first kappa shape index (κ1) is 26.7. The molecule has 36 heavy (non-hydrogen) atoms. The van der Waals surface area contributed by atoms with E-state index in [1.165, 1.54) is 48.5 Å². The number of phosphoric acid groups is 1. The Morgan fingerprint density at radius 2 is 1.39 bits per heavy atom. The van der Waals surface area contributed by atoms with Crippen LogP contribution in [-0.2, 0) is 41.3 Å². The monoisotopic (exact) mass is 526 g/mol. The van der Waals surface area contributed by atoms with Crippen LogP contribution < -0.4 is 0 Å². The molecule has 192 valence electrons. The molecule has 0 aliphatic carbocycles. The van der Waals surface area contributed by atoms with E-state index in [9.17, 15) is 34.7 Å². The summed E-state index contributed by atoms with van der Waals surface area (Å²) >= 11 is 0. The quantitative estimate of drug-likeness (QED) is 0.156. The van der Waals surface area contributed by atoms with Crippen molar-refractivity contribution < 1.29 is 52.8 Å². The Kier molecular flexibility index (Phi) is 8.34. The number of aliphatic hydroxyl groups excluding tert-OH is 1. The third-order valence-corrected chi connectivity index (χ3v) is 5.31. The highest BCUT2D eigenvalue weighted by Crippen LogP contribution is 2.41. The number of rotatable bonds is 12. The van der Waals surface area contributed by atoms with Gasteiger partial charge in [-0.25, -0.2) is 9.36 Å². The fourth-order valence-corrected chi connectivity index (χ4v) is 3.61. The van der Waals surface area contributed by atoms with E-state index < -0.39 is 48.2 Å². The van der Waals surface area contributed by atoms with Crippen molar-refractivity contribution in [3.8, 4) is 0 Å². The zero-order valence-electron chi connectivity index (χ0n) is 18.2. The topological polar surface area (TPSA) is 218 Å². The van der Waals surface area contributed by atoms with E-state index in [2.05, 4.69) is 4.52 Å². The van der Waals surface area contributed by atoms with Crippen LogP contribution in [0.5, 0.6) is 0 Å². The summed E-state index contributed by atoms with van der Waals surface area (Å²) in [5.74, 6) is -1.89. The second-order valence-corrected chi connectivity index (χ2v) is 8.45. The van der Waals surface area contributed by atoms with Crippen LogP contribution in [0.3, 0.4) is 0 Å². The largest absolute Gasteiger partial charge is 0.485 e. The average Bonchev–Trinajstić information content (AvgIpc) is 3.14. The maximum Gasteiger partial charge on any atom is 0.470 e. The van der Waals surface area contributed by atoms with Crippen molar-refractivity contribution in [1.82, 2.24) is 0 Å². The van der Waals surface area contributed by atoms with Crippen LogP contribution in [0.15, 0.2) is 60.0 Å².